The van der Waals surface area contributed by atoms with Gasteiger partial charge in [-0.2, -0.15) is 5.10 Å². The van der Waals surface area contributed by atoms with Crippen molar-refractivity contribution in [2.24, 2.45) is 5.10 Å². The Labute approximate surface area is 192 Å². The standard InChI is InChI=1S/C23H27N5O3S/c1-4-14-31-20-10-6-17(7-11-20)15-24-25-21(29)16-32-23-27-26-22(28(23)5-2)18-8-12-19(30-3)13-9-18/h6-13,15H,4-5,14,16H2,1-3H3,(H,25,29). The SMILES string of the molecule is CCCOc1ccc(C=NNC(=O)CSc2nnc(-c3ccc(OC)cc3)n2CC)cc1. The summed E-state index contributed by atoms with van der Waals surface area (Å²) in [4.78, 5) is 12.2. The number of hydrogen-bond acceptors (Lipinski definition) is 7. The molecule has 0 spiro atoms. The van der Waals surface area contributed by atoms with Gasteiger partial charge < -0.3 is 14.0 Å². The summed E-state index contributed by atoms with van der Waals surface area (Å²) in [5, 5.41) is 13.3. The van der Waals surface area contributed by atoms with E-state index in [2.05, 4.69) is 27.6 Å². The second-order valence-corrected chi connectivity index (χ2v) is 7.72. The smallest absolute Gasteiger partial charge is 0.250 e. The number of rotatable bonds is 11. The first-order chi connectivity index (χ1) is 15.6. The Morgan fingerprint density at radius 2 is 1.81 bits per heavy atom. The second kappa shape index (κ2) is 11.9. The van der Waals surface area contributed by atoms with Gasteiger partial charge in [0.05, 0.1) is 25.7 Å². The van der Waals surface area contributed by atoms with Crippen LogP contribution in [0, 0.1) is 0 Å². The van der Waals surface area contributed by atoms with Crippen molar-refractivity contribution >= 4 is 23.9 Å². The summed E-state index contributed by atoms with van der Waals surface area (Å²) in [7, 11) is 1.63. The summed E-state index contributed by atoms with van der Waals surface area (Å²) < 4.78 is 12.7. The maximum absolute atomic E-state index is 12.2. The minimum Gasteiger partial charge on any atom is -0.497 e. The van der Waals surface area contributed by atoms with Crippen LogP contribution in [0.25, 0.3) is 11.4 Å². The number of nitrogens with one attached hydrogen (secondary N) is 1. The van der Waals surface area contributed by atoms with Crippen molar-refractivity contribution in [3.63, 3.8) is 0 Å². The molecule has 0 aliphatic rings. The molecule has 1 N–H and O–H groups in total. The molecule has 0 aliphatic heterocycles. The van der Waals surface area contributed by atoms with Gasteiger partial charge in [-0.1, -0.05) is 18.7 Å². The van der Waals surface area contributed by atoms with Crippen LogP contribution in [-0.4, -0.2) is 46.4 Å². The molecule has 3 rings (SSSR count). The molecule has 32 heavy (non-hydrogen) atoms. The molecule has 0 fully saturated rings. The van der Waals surface area contributed by atoms with Gasteiger partial charge in [0.25, 0.3) is 5.91 Å². The van der Waals surface area contributed by atoms with Gasteiger partial charge in [0, 0.05) is 12.1 Å². The average Bonchev–Trinajstić information content (AvgIpc) is 3.25. The Morgan fingerprint density at radius 1 is 1.09 bits per heavy atom. The third kappa shape index (κ3) is 6.34. The lowest BCUT2D eigenvalue weighted by Crippen LogP contribution is -2.20. The number of methoxy groups -OCH3 is 1. The highest BCUT2D eigenvalue weighted by molar-refractivity contribution is 7.99. The minimum atomic E-state index is -0.217. The predicted molar refractivity (Wildman–Crippen MR) is 126 cm³/mol. The molecule has 168 valence electrons. The summed E-state index contributed by atoms with van der Waals surface area (Å²) >= 11 is 1.32. The molecule has 1 amide bonds. The number of carbonyl (C=O) groups is 1. The number of ether oxygens (including phenoxy) is 2. The molecule has 0 atom stereocenters. The van der Waals surface area contributed by atoms with Crippen molar-refractivity contribution < 1.29 is 14.3 Å². The first-order valence-electron chi connectivity index (χ1n) is 10.4. The van der Waals surface area contributed by atoms with E-state index in [1.54, 1.807) is 13.3 Å². The Kier molecular flexibility index (Phi) is 8.68. The van der Waals surface area contributed by atoms with Crippen LogP contribution in [-0.2, 0) is 11.3 Å². The molecule has 0 unspecified atom stereocenters. The molecule has 0 radical (unpaired) electrons. The molecule has 0 saturated heterocycles. The number of hydrogen-bond donors (Lipinski definition) is 1. The van der Waals surface area contributed by atoms with E-state index >= 15 is 0 Å². The van der Waals surface area contributed by atoms with Gasteiger partial charge in [-0.25, -0.2) is 5.43 Å². The Hall–Kier alpha value is -3.33. The molecule has 0 bridgehead atoms. The van der Waals surface area contributed by atoms with Crippen LogP contribution in [0.2, 0.25) is 0 Å². The number of amides is 1. The zero-order valence-corrected chi connectivity index (χ0v) is 19.3. The summed E-state index contributed by atoms with van der Waals surface area (Å²) in [6.45, 7) is 5.46. The second-order valence-electron chi connectivity index (χ2n) is 6.78. The Balaban J connectivity index is 1.53. The van der Waals surface area contributed by atoms with Crippen LogP contribution in [0.4, 0.5) is 0 Å². The number of nitrogens with zero attached hydrogens (tertiary/aromatic N) is 4. The van der Waals surface area contributed by atoms with Crippen LogP contribution in [0.15, 0.2) is 58.8 Å². The molecule has 3 aromatic rings. The number of aromatic nitrogens is 3. The molecule has 1 aromatic heterocycles. The van der Waals surface area contributed by atoms with Gasteiger partial charge in [0.15, 0.2) is 11.0 Å². The van der Waals surface area contributed by atoms with Crippen LogP contribution in [0.3, 0.4) is 0 Å². The van der Waals surface area contributed by atoms with Crippen LogP contribution in [0.5, 0.6) is 11.5 Å². The van der Waals surface area contributed by atoms with Gasteiger partial charge in [-0.15, -0.1) is 10.2 Å². The third-order valence-corrected chi connectivity index (χ3v) is 5.44. The number of benzene rings is 2. The van der Waals surface area contributed by atoms with Crippen molar-refractivity contribution in [3.8, 4) is 22.9 Å². The van der Waals surface area contributed by atoms with Crippen molar-refractivity contribution in [1.29, 1.82) is 0 Å². The van der Waals surface area contributed by atoms with Gasteiger partial charge in [-0.05, 0) is 67.4 Å². The third-order valence-electron chi connectivity index (χ3n) is 4.47. The van der Waals surface area contributed by atoms with Crippen molar-refractivity contribution in [2.45, 2.75) is 32.0 Å². The molecule has 8 nitrogen and oxygen atoms in total. The molecular formula is C23H27N5O3S. The van der Waals surface area contributed by atoms with Crippen molar-refractivity contribution in [2.75, 3.05) is 19.5 Å². The first-order valence-corrected chi connectivity index (χ1v) is 11.4. The lowest BCUT2D eigenvalue weighted by Gasteiger charge is -2.07. The molecule has 9 heteroatoms. The zero-order valence-electron chi connectivity index (χ0n) is 18.4. The van der Waals surface area contributed by atoms with Gasteiger partial charge >= 0.3 is 0 Å². The lowest BCUT2D eigenvalue weighted by molar-refractivity contribution is -0.118. The normalized spacial score (nSPS) is 11.0. The lowest BCUT2D eigenvalue weighted by atomic mass is 10.2. The van der Waals surface area contributed by atoms with Crippen molar-refractivity contribution in [1.82, 2.24) is 20.2 Å². The number of hydrazone groups is 1. The van der Waals surface area contributed by atoms with Gasteiger partial charge in [-0.3, -0.25) is 4.79 Å². The summed E-state index contributed by atoms with van der Waals surface area (Å²) in [5.74, 6) is 2.32. The monoisotopic (exact) mass is 453 g/mol. The van der Waals surface area contributed by atoms with Crippen LogP contribution in [0.1, 0.15) is 25.8 Å². The van der Waals surface area contributed by atoms with E-state index in [0.29, 0.717) is 18.3 Å². The first kappa shape index (κ1) is 23.3. The quantitative estimate of drug-likeness (QED) is 0.268. The fourth-order valence-electron chi connectivity index (χ4n) is 2.85. The largest absolute Gasteiger partial charge is 0.497 e. The highest BCUT2D eigenvalue weighted by Gasteiger charge is 2.14. The number of thioether (sulfide) groups is 1. The minimum absolute atomic E-state index is 0.182. The molecule has 2 aromatic carbocycles. The van der Waals surface area contributed by atoms with E-state index in [9.17, 15) is 4.79 Å². The molecule has 1 heterocycles. The summed E-state index contributed by atoms with van der Waals surface area (Å²) in [5.41, 5.74) is 4.36. The number of carbonyl (C=O) groups excluding carboxylic acids is 1. The maximum atomic E-state index is 12.2. The molecule has 0 saturated carbocycles. The van der Waals surface area contributed by atoms with E-state index in [1.807, 2.05) is 60.0 Å². The maximum Gasteiger partial charge on any atom is 0.250 e. The zero-order chi connectivity index (χ0) is 22.8. The van der Waals surface area contributed by atoms with E-state index in [0.717, 1.165) is 34.9 Å². The Morgan fingerprint density at radius 3 is 2.47 bits per heavy atom. The van der Waals surface area contributed by atoms with Gasteiger partial charge in [0.2, 0.25) is 0 Å². The summed E-state index contributed by atoms with van der Waals surface area (Å²) in [6, 6.07) is 15.2. The fraction of sp³-hybridized carbons (Fsp3) is 0.304. The average molecular weight is 454 g/mol. The van der Waals surface area contributed by atoms with Crippen molar-refractivity contribution in [3.05, 3.63) is 54.1 Å². The highest BCUT2D eigenvalue weighted by Crippen LogP contribution is 2.25. The van der Waals surface area contributed by atoms with E-state index < -0.39 is 0 Å². The van der Waals surface area contributed by atoms with E-state index in [4.69, 9.17) is 9.47 Å². The fourth-order valence-corrected chi connectivity index (χ4v) is 3.64. The topological polar surface area (TPSA) is 90.6 Å². The molecule has 0 aliphatic carbocycles. The summed E-state index contributed by atoms with van der Waals surface area (Å²) in [6.07, 6.45) is 2.56. The van der Waals surface area contributed by atoms with Crippen LogP contribution < -0.4 is 14.9 Å². The van der Waals surface area contributed by atoms with Crippen LogP contribution >= 0.6 is 11.8 Å². The predicted octanol–water partition coefficient (Wildman–Crippen LogP) is 4.00. The van der Waals surface area contributed by atoms with E-state index in [-0.39, 0.29) is 11.7 Å². The molecular weight excluding hydrogens is 426 g/mol. The highest BCUT2D eigenvalue weighted by atomic mass is 32.2. The van der Waals surface area contributed by atoms with Gasteiger partial charge in [0.1, 0.15) is 11.5 Å². The van der Waals surface area contributed by atoms with E-state index in [1.165, 1.54) is 11.8 Å². The Bertz CT molecular complexity index is 1030.